The summed E-state index contributed by atoms with van der Waals surface area (Å²) in [6.45, 7) is 0. The number of benzene rings is 3. The quantitative estimate of drug-likeness (QED) is 0.359. The van der Waals surface area contributed by atoms with Crippen LogP contribution in [0, 0.1) is 5.92 Å². The minimum atomic E-state index is -1.10. The summed E-state index contributed by atoms with van der Waals surface area (Å²) in [5.41, 5.74) is 1.50. The second-order valence-electron chi connectivity index (χ2n) is 6.84. The molecular formula is C23H16Br2N2O3. The van der Waals surface area contributed by atoms with Crippen molar-refractivity contribution in [3.05, 3.63) is 98.9 Å². The van der Waals surface area contributed by atoms with E-state index in [-0.39, 0.29) is 5.78 Å². The molecule has 1 aliphatic heterocycles. The molecule has 3 aromatic carbocycles. The monoisotopic (exact) mass is 526 g/mol. The summed E-state index contributed by atoms with van der Waals surface area (Å²) in [6.07, 6.45) is 0. The first kappa shape index (κ1) is 20.5. The van der Waals surface area contributed by atoms with Crippen molar-refractivity contribution in [3.8, 4) is 0 Å². The minimum Gasteiger partial charge on any atom is -0.329 e. The van der Waals surface area contributed by atoms with Crippen LogP contribution in [0.25, 0.3) is 0 Å². The molecule has 3 aromatic rings. The molecule has 0 unspecified atom stereocenters. The number of Topliss-reactive ketones (excluding diaryl/α,β-unsaturated/α-hetero) is 1. The van der Waals surface area contributed by atoms with Crippen molar-refractivity contribution in [1.82, 2.24) is 5.32 Å². The van der Waals surface area contributed by atoms with Crippen molar-refractivity contribution in [2.24, 2.45) is 5.92 Å². The molecule has 5 nitrogen and oxygen atoms in total. The molecule has 1 N–H and O–H groups in total. The number of carbonyl (C=O) groups excluding carboxylic acids is 3. The summed E-state index contributed by atoms with van der Waals surface area (Å²) >= 11 is 6.78. The highest BCUT2D eigenvalue weighted by Gasteiger charge is 2.46. The normalized spacial score (nSPS) is 18.8. The summed E-state index contributed by atoms with van der Waals surface area (Å²) in [4.78, 5) is 40.9. The standard InChI is InChI=1S/C23H16Br2N2O3/c24-16-11-9-14(10-12-16)21(28)19-20(15-5-4-6-17(25)13-15)26-23(30)27(22(19)29)18-7-2-1-3-8-18/h1-13,19-20H,(H,26,30)/t19-,20+/m1/s1. The molecule has 7 heteroatoms. The zero-order valence-corrected chi connectivity index (χ0v) is 18.8. The largest absolute Gasteiger partial charge is 0.329 e. The number of para-hydroxylation sites is 1. The summed E-state index contributed by atoms with van der Waals surface area (Å²) in [6, 6.07) is 21.4. The average molecular weight is 528 g/mol. The molecule has 3 amide bonds. The van der Waals surface area contributed by atoms with E-state index in [0.29, 0.717) is 16.8 Å². The maximum Gasteiger partial charge on any atom is 0.329 e. The van der Waals surface area contributed by atoms with E-state index in [1.165, 1.54) is 0 Å². The Bertz CT molecular complexity index is 1120. The van der Waals surface area contributed by atoms with E-state index < -0.39 is 23.9 Å². The van der Waals surface area contributed by atoms with Crippen LogP contribution in [-0.4, -0.2) is 17.7 Å². The topological polar surface area (TPSA) is 66.5 Å². The average Bonchev–Trinajstić information content (AvgIpc) is 2.74. The zero-order chi connectivity index (χ0) is 21.3. The van der Waals surface area contributed by atoms with Crippen molar-refractivity contribution in [1.29, 1.82) is 0 Å². The van der Waals surface area contributed by atoms with Gasteiger partial charge in [-0.15, -0.1) is 0 Å². The molecule has 1 heterocycles. The van der Waals surface area contributed by atoms with Gasteiger partial charge in [0.2, 0.25) is 5.91 Å². The van der Waals surface area contributed by atoms with E-state index in [9.17, 15) is 14.4 Å². The molecule has 0 saturated carbocycles. The smallest absolute Gasteiger partial charge is 0.329 e. The summed E-state index contributed by atoms with van der Waals surface area (Å²) in [5, 5.41) is 2.87. The maximum atomic E-state index is 13.5. The number of ketones is 1. The molecule has 1 aliphatic rings. The number of hydrogen-bond acceptors (Lipinski definition) is 3. The molecule has 2 atom stereocenters. The van der Waals surface area contributed by atoms with Crippen molar-refractivity contribution < 1.29 is 14.4 Å². The Hall–Kier alpha value is -2.77. The van der Waals surface area contributed by atoms with Crippen LogP contribution >= 0.6 is 31.9 Å². The van der Waals surface area contributed by atoms with Crippen LogP contribution in [0.15, 0.2) is 87.8 Å². The van der Waals surface area contributed by atoms with Gasteiger partial charge in [0.15, 0.2) is 5.78 Å². The van der Waals surface area contributed by atoms with Gasteiger partial charge in [0.1, 0.15) is 5.92 Å². The third kappa shape index (κ3) is 3.95. The summed E-state index contributed by atoms with van der Waals surface area (Å²) in [5.74, 6) is -2.00. The maximum absolute atomic E-state index is 13.5. The number of urea groups is 1. The van der Waals surface area contributed by atoms with Crippen molar-refractivity contribution in [2.75, 3.05) is 4.90 Å². The number of anilines is 1. The van der Waals surface area contributed by atoms with E-state index >= 15 is 0 Å². The number of nitrogens with zero attached hydrogens (tertiary/aromatic N) is 1. The van der Waals surface area contributed by atoms with Gasteiger partial charge in [0.25, 0.3) is 0 Å². The first-order chi connectivity index (χ1) is 14.5. The summed E-state index contributed by atoms with van der Waals surface area (Å²) < 4.78 is 1.62. The Morgan fingerprint density at radius 1 is 0.833 bits per heavy atom. The Labute approximate surface area is 190 Å². The molecule has 0 spiro atoms. The van der Waals surface area contributed by atoms with Crippen LogP contribution in [0.1, 0.15) is 22.0 Å². The van der Waals surface area contributed by atoms with E-state index in [2.05, 4.69) is 37.2 Å². The molecule has 0 aliphatic carbocycles. The highest BCUT2D eigenvalue weighted by molar-refractivity contribution is 9.10. The lowest BCUT2D eigenvalue weighted by Crippen LogP contribution is -2.58. The molecule has 0 radical (unpaired) electrons. The van der Waals surface area contributed by atoms with Crippen LogP contribution in [0.2, 0.25) is 0 Å². The fraction of sp³-hybridized carbons (Fsp3) is 0.0870. The molecule has 0 bridgehead atoms. The molecule has 30 heavy (non-hydrogen) atoms. The van der Waals surface area contributed by atoms with E-state index in [1.807, 2.05) is 6.07 Å². The van der Waals surface area contributed by atoms with Gasteiger partial charge in [0.05, 0.1) is 11.7 Å². The van der Waals surface area contributed by atoms with Crippen molar-refractivity contribution >= 4 is 55.3 Å². The van der Waals surface area contributed by atoms with Gasteiger partial charge in [-0.2, -0.15) is 0 Å². The lowest BCUT2D eigenvalue weighted by Gasteiger charge is -2.37. The lowest BCUT2D eigenvalue weighted by molar-refractivity contribution is -0.121. The van der Waals surface area contributed by atoms with Gasteiger partial charge in [-0.05, 0) is 42.0 Å². The van der Waals surface area contributed by atoms with Crippen molar-refractivity contribution in [2.45, 2.75) is 6.04 Å². The second-order valence-corrected chi connectivity index (χ2v) is 8.67. The number of nitrogens with one attached hydrogen (secondary N) is 1. The van der Waals surface area contributed by atoms with Gasteiger partial charge in [0, 0.05) is 14.5 Å². The Morgan fingerprint density at radius 2 is 1.53 bits per heavy atom. The summed E-state index contributed by atoms with van der Waals surface area (Å²) in [7, 11) is 0. The molecule has 4 rings (SSSR count). The molecule has 1 saturated heterocycles. The predicted octanol–water partition coefficient (Wildman–Crippen LogP) is 5.51. The number of carbonyl (C=O) groups is 3. The van der Waals surface area contributed by atoms with E-state index in [0.717, 1.165) is 13.8 Å². The fourth-order valence-electron chi connectivity index (χ4n) is 3.52. The lowest BCUT2D eigenvalue weighted by atomic mass is 9.84. The van der Waals surface area contributed by atoms with Gasteiger partial charge in [-0.3, -0.25) is 9.59 Å². The Kier molecular flexibility index (Phi) is 5.83. The second kappa shape index (κ2) is 8.53. The molecular weight excluding hydrogens is 512 g/mol. The first-order valence-corrected chi connectivity index (χ1v) is 10.8. The number of imide groups is 1. The van der Waals surface area contributed by atoms with Crippen LogP contribution in [0.3, 0.4) is 0 Å². The van der Waals surface area contributed by atoms with Crippen molar-refractivity contribution in [3.63, 3.8) is 0 Å². The number of amides is 3. The highest BCUT2D eigenvalue weighted by Crippen LogP contribution is 2.34. The fourth-order valence-corrected chi connectivity index (χ4v) is 4.20. The number of rotatable bonds is 4. The third-order valence-electron chi connectivity index (χ3n) is 4.94. The van der Waals surface area contributed by atoms with Gasteiger partial charge in [-0.1, -0.05) is 74.3 Å². The van der Waals surface area contributed by atoms with Crippen LogP contribution in [0.4, 0.5) is 10.5 Å². The third-order valence-corrected chi connectivity index (χ3v) is 5.96. The van der Waals surface area contributed by atoms with Crippen LogP contribution in [0.5, 0.6) is 0 Å². The highest BCUT2D eigenvalue weighted by atomic mass is 79.9. The molecule has 1 fully saturated rings. The van der Waals surface area contributed by atoms with Gasteiger partial charge in [-0.25, -0.2) is 9.69 Å². The Morgan fingerprint density at radius 3 is 2.20 bits per heavy atom. The van der Waals surface area contributed by atoms with Gasteiger partial charge < -0.3 is 5.32 Å². The first-order valence-electron chi connectivity index (χ1n) is 9.20. The van der Waals surface area contributed by atoms with Gasteiger partial charge >= 0.3 is 6.03 Å². The van der Waals surface area contributed by atoms with E-state index in [1.54, 1.807) is 72.8 Å². The Balaban J connectivity index is 1.80. The van der Waals surface area contributed by atoms with Crippen LogP contribution < -0.4 is 10.2 Å². The van der Waals surface area contributed by atoms with Crippen LogP contribution in [-0.2, 0) is 4.79 Å². The number of halogens is 2. The molecule has 0 aromatic heterocycles. The number of hydrogen-bond donors (Lipinski definition) is 1. The minimum absolute atomic E-state index is 0.349. The predicted molar refractivity (Wildman–Crippen MR) is 121 cm³/mol. The van der Waals surface area contributed by atoms with E-state index in [4.69, 9.17) is 0 Å². The molecule has 150 valence electrons. The zero-order valence-electron chi connectivity index (χ0n) is 15.6. The SMILES string of the molecule is O=C(c1ccc(Br)cc1)[C@@H]1C(=O)N(c2ccccc2)C(=O)N[C@H]1c1cccc(Br)c1.